The zero-order chi connectivity index (χ0) is 23.8. The number of nitrogens with zero attached hydrogens (tertiary/aromatic N) is 2. The molecule has 4 rings (SSSR count). The summed E-state index contributed by atoms with van der Waals surface area (Å²) in [5, 5.41) is 15.9. The minimum absolute atomic E-state index is 0.0856. The second-order valence-electron chi connectivity index (χ2n) is 9.62. The molecule has 2 fully saturated rings. The van der Waals surface area contributed by atoms with E-state index >= 15 is 0 Å². The van der Waals surface area contributed by atoms with Crippen molar-refractivity contribution in [2.24, 2.45) is 11.3 Å². The van der Waals surface area contributed by atoms with Gasteiger partial charge in [0.25, 0.3) is 5.91 Å². The molecular formula is C24H29N5O4. The molecule has 2 aliphatic rings. The first-order valence-corrected chi connectivity index (χ1v) is 11.2. The highest BCUT2D eigenvalue weighted by molar-refractivity contribution is 6.01. The van der Waals surface area contributed by atoms with Gasteiger partial charge in [-0.1, -0.05) is 19.9 Å². The van der Waals surface area contributed by atoms with Crippen LogP contribution in [0.15, 0.2) is 24.3 Å². The Hall–Kier alpha value is -3.54. The summed E-state index contributed by atoms with van der Waals surface area (Å²) in [7, 11) is 1.58. The Morgan fingerprint density at radius 1 is 1.39 bits per heavy atom. The number of methoxy groups -OCH3 is 1. The average Bonchev–Trinajstić information content (AvgIpc) is 3.48. The Bertz CT molecular complexity index is 1130. The zero-order valence-corrected chi connectivity index (χ0v) is 19.1. The molecule has 2 unspecified atom stereocenters. The Morgan fingerprint density at radius 2 is 2.18 bits per heavy atom. The van der Waals surface area contributed by atoms with E-state index in [-0.39, 0.29) is 35.5 Å². The van der Waals surface area contributed by atoms with Crippen molar-refractivity contribution in [1.29, 1.82) is 5.26 Å². The summed E-state index contributed by atoms with van der Waals surface area (Å²) in [5.41, 5.74) is 0.899. The van der Waals surface area contributed by atoms with Crippen LogP contribution in [0.4, 0.5) is 0 Å². The number of H-pyrrole nitrogens is 1. The van der Waals surface area contributed by atoms with Crippen molar-refractivity contribution in [3.8, 4) is 11.8 Å². The normalized spacial score (nSPS) is 22.6. The molecular weight excluding hydrogens is 422 g/mol. The molecule has 9 nitrogen and oxygen atoms in total. The maximum atomic E-state index is 13.5. The predicted octanol–water partition coefficient (Wildman–Crippen LogP) is 1.95. The molecule has 0 bridgehead atoms. The highest BCUT2D eigenvalue weighted by atomic mass is 16.5. The van der Waals surface area contributed by atoms with E-state index in [0.29, 0.717) is 37.4 Å². The van der Waals surface area contributed by atoms with Crippen LogP contribution in [0.1, 0.15) is 43.6 Å². The Balaban J connectivity index is 1.53. The lowest BCUT2D eigenvalue weighted by atomic mass is 9.90. The maximum absolute atomic E-state index is 13.5. The van der Waals surface area contributed by atoms with E-state index in [1.165, 1.54) is 0 Å². The third-order valence-corrected chi connectivity index (χ3v) is 6.51. The zero-order valence-electron chi connectivity index (χ0n) is 19.1. The van der Waals surface area contributed by atoms with E-state index in [2.05, 4.69) is 21.7 Å². The van der Waals surface area contributed by atoms with Crippen LogP contribution in [-0.4, -0.2) is 59.9 Å². The summed E-state index contributed by atoms with van der Waals surface area (Å²) in [6.07, 6.45) is 1.40. The SMILES string of the molecule is COc1cccc2[nH]c(C(=O)N3CC(C)(C)CC3C(=O)N[C@H](C#N)CC3CCNC3=O)cc12. The lowest BCUT2D eigenvalue weighted by Gasteiger charge is -2.25. The number of carbonyl (C=O) groups excluding carboxylic acids is 3. The minimum atomic E-state index is -0.788. The van der Waals surface area contributed by atoms with Crippen molar-refractivity contribution in [2.45, 2.75) is 45.2 Å². The number of amides is 3. The lowest BCUT2D eigenvalue weighted by molar-refractivity contribution is -0.126. The van der Waals surface area contributed by atoms with Gasteiger partial charge >= 0.3 is 0 Å². The van der Waals surface area contributed by atoms with Gasteiger partial charge in [-0.05, 0) is 42.9 Å². The average molecular weight is 452 g/mol. The minimum Gasteiger partial charge on any atom is -0.496 e. The second kappa shape index (κ2) is 8.77. The van der Waals surface area contributed by atoms with Crippen LogP contribution in [0.2, 0.25) is 0 Å². The molecule has 0 aliphatic carbocycles. The quantitative estimate of drug-likeness (QED) is 0.619. The fourth-order valence-corrected chi connectivity index (χ4v) is 4.86. The monoisotopic (exact) mass is 451 g/mol. The number of hydrogen-bond acceptors (Lipinski definition) is 5. The van der Waals surface area contributed by atoms with Crippen molar-refractivity contribution in [1.82, 2.24) is 20.5 Å². The van der Waals surface area contributed by atoms with Crippen molar-refractivity contribution < 1.29 is 19.1 Å². The van der Waals surface area contributed by atoms with Crippen LogP contribution in [-0.2, 0) is 9.59 Å². The lowest BCUT2D eigenvalue weighted by Crippen LogP contribution is -2.49. The molecule has 2 aromatic rings. The molecule has 0 saturated carbocycles. The summed E-state index contributed by atoms with van der Waals surface area (Å²) in [6, 6.07) is 7.88. The molecule has 2 saturated heterocycles. The molecule has 3 amide bonds. The van der Waals surface area contributed by atoms with Gasteiger partial charge in [0.1, 0.15) is 23.5 Å². The van der Waals surface area contributed by atoms with E-state index in [1.807, 2.05) is 32.0 Å². The van der Waals surface area contributed by atoms with Gasteiger partial charge in [-0.25, -0.2) is 0 Å². The summed E-state index contributed by atoms with van der Waals surface area (Å²) >= 11 is 0. The first kappa shape index (κ1) is 22.6. The fraction of sp³-hybridized carbons (Fsp3) is 0.500. The number of hydrogen-bond donors (Lipinski definition) is 3. The molecule has 174 valence electrons. The first-order valence-electron chi connectivity index (χ1n) is 11.2. The maximum Gasteiger partial charge on any atom is 0.271 e. The number of rotatable bonds is 6. The van der Waals surface area contributed by atoms with Crippen LogP contribution >= 0.6 is 0 Å². The van der Waals surface area contributed by atoms with Gasteiger partial charge in [0, 0.05) is 29.9 Å². The molecule has 3 N–H and O–H groups in total. The van der Waals surface area contributed by atoms with Crippen LogP contribution in [0, 0.1) is 22.7 Å². The molecule has 2 aliphatic heterocycles. The van der Waals surface area contributed by atoms with Crippen molar-refractivity contribution in [3.63, 3.8) is 0 Å². The number of benzene rings is 1. The molecule has 33 heavy (non-hydrogen) atoms. The van der Waals surface area contributed by atoms with Crippen molar-refractivity contribution in [2.75, 3.05) is 20.2 Å². The number of fused-ring (bicyclic) bond motifs is 1. The van der Waals surface area contributed by atoms with Gasteiger partial charge < -0.3 is 25.3 Å². The standard InChI is InChI=1S/C24H29N5O4/c1-24(2)11-19(22(31)27-15(12-25)9-14-7-8-26-21(14)30)29(13-24)23(32)18-10-16-17(28-18)5-4-6-20(16)33-3/h4-6,10,14-15,19,28H,7-9,11,13H2,1-3H3,(H,26,30)(H,27,31)/t14?,15-,19?/m0/s1. The van der Waals surface area contributed by atoms with E-state index in [0.717, 1.165) is 10.9 Å². The highest BCUT2D eigenvalue weighted by Gasteiger charge is 2.44. The fourth-order valence-electron chi connectivity index (χ4n) is 4.86. The van der Waals surface area contributed by atoms with Crippen LogP contribution < -0.4 is 15.4 Å². The number of aromatic amines is 1. The molecule has 0 spiro atoms. The Labute approximate surface area is 192 Å². The predicted molar refractivity (Wildman–Crippen MR) is 121 cm³/mol. The van der Waals surface area contributed by atoms with Gasteiger partial charge in [-0.15, -0.1) is 0 Å². The first-order chi connectivity index (χ1) is 15.7. The topological polar surface area (TPSA) is 127 Å². The summed E-state index contributed by atoms with van der Waals surface area (Å²) in [6.45, 7) is 5.03. The van der Waals surface area contributed by atoms with E-state index in [4.69, 9.17) is 4.74 Å². The summed E-state index contributed by atoms with van der Waals surface area (Å²) in [5.74, 6) is -0.353. The number of aromatic nitrogens is 1. The molecule has 0 radical (unpaired) electrons. The Morgan fingerprint density at radius 3 is 2.85 bits per heavy atom. The van der Waals surface area contributed by atoms with Crippen LogP contribution in [0.25, 0.3) is 10.9 Å². The van der Waals surface area contributed by atoms with Gasteiger partial charge in [-0.2, -0.15) is 5.26 Å². The van der Waals surface area contributed by atoms with Crippen molar-refractivity contribution in [3.05, 3.63) is 30.0 Å². The molecule has 1 aromatic heterocycles. The Kier molecular flexibility index (Phi) is 6.02. The highest BCUT2D eigenvalue weighted by Crippen LogP contribution is 2.36. The number of nitrogens with one attached hydrogen (secondary N) is 3. The van der Waals surface area contributed by atoms with E-state index in [9.17, 15) is 19.6 Å². The molecule has 1 aromatic carbocycles. The van der Waals surface area contributed by atoms with E-state index in [1.54, 1.807) is 18.1 Å². The van der Waals surface area contributed by atoms with Gasteiger partial charge in [0.15, 0.2) is 0 Å². The van der Waals surface area contributed by atoms with Crippen LogP contribution in [0.5, 0.6) is 5.75 Å². The molecule has 3 heterocycles. The second-order valence-corrected chi connectivity index (χ2v) is 9.62. The van der Waals surface area contributed by atoms with Crippen molar-refractivity contribution >= 4 is 28.6 Å². The smallest absolute Gasteiger partial charge is 0.271 e. The van der Waals surface area contributed by atoms with Gasteiger partial charge in [-0.3, -0.25) is 14.4 Å². The third kappa shape index (κ3) is 4.51. The van der Waals surface area contributed by atoms with Crippen LogP contribution in [0.3, 0.4) is 0 Å². The number of carbonyl (C=O) groups is 3. The largest absolute Gasteiger partial charge is 0.496 e. The number of nitriles is 1. The summed E-state index contributed by atoms with van der Waals surface area (Å²) in [4.78, 5) is 43.2. The number of ether oxygens (including phenoxy) is 1. The van der Waals surface area contributed by atoms with Gasteiger partial charge in [0.2, 0.25) is 11.8 Å². The van der Waals surface area contributed by atoms with Gasteiger partial charge in [0.05, 0.1) is 13.2 Å². The molecule has 9 heteroatoms. The van der Waals surface area contributed by atoms with E-state index < -0.39 is 12.1 Å². The summed E-state index contributed by atoms with van der Waals surface area (Å²) < 4.78 is 5.39. The third-order valence-electron chi connectivity index (χ3n) is 6.51. The number of likely N-dealkylation sites (tertiary alicyclic amines) is 1. The molecule has 3 atom stereocenters.